The van der Waals surface area contributed by atoms with Crippen LogP contribution in [0.3, 0.4) is 0 Å². The van der Waals surface area contributed by atoms with Crippen LogP contribution in [0.15, 0.2) is 18.2 Å². The average molecular weight is 221 g/mol. The summed E-state index contributed by atoms with van der Waals surface area (Å²) in [4.78, 5) is 13.2. The lowest BCUT2D eigenvalue weighted by molar-refractivity contribution is -0.130. The molecule has 3 nitrogen and oxygen atoms in total. The Labute approximate surface area is 97.0 Å². The predicted molar refractivity (Wildman–Crippen MR) is 64.5 cm³/mol. The van der Waals surface area contributed by atoms with E-state index in [2.05, 4.69) is 0 Å². The Kier molecular flexibility index (Phi) is 4.35. The van der Waals surface area contributed by atoms with E-state index in [1.165, 1.54) is 5.56 Å². The summed E-state index contributed by atoms with van der Waals surface area (Å²) in [6.45, 7) is 4.69. The Balaban J connectivity index is 0.000000606. The van der Waals surface area contributed by atoms with Gasteiger partial charge in [0.15, 0.2) is 0 Å². The van der Waals surface area contributed by atoms with Gasteiger partial charge >= 0.3 is 0 Å². The van der Waals surface area contributed by atoms with E-state index >= 15 is 0 Å². The zero-order chi connectivity index (χ0) is 12.1. The fraction of sp³-hybridized carbons (Fsp3) is 0.462. The molecule has 1 aliphatic heterocycles. The molecule has 0 spiro atoms. The van der Waals surface area contributed by atoms with Crippen molar-refractivity contribution in [1.82, 2.24) is 4.90 Å². The zero-order valence-corrected chi connectivity index (χ0v) is 10.4. The molecule has 1 aromatic carbocycles. The van der Waals surface area contributed by atoms with E-state index in [0.29, 0.717) is 13.0 Å². The van der Waals surface area contributed by atoms with Gasteiger partial charge in [-0.25, -0.2) is 0 Å². The molecule has 1 aliphatic rings. The largest absolute Gasteiger partial charge is 0.496 e. The van der Waals surface area contributed by atoms with Crippen molar-refractivity contribution in [3.05, 3.63) is 29.3 Å². The molecule has 0 fully saturated rings. The second-order valence-electron chi connectivity index (χ2n) is 3.52. The van der Waals surface area contributed by atoms with Gasteiger partial charge in [-0.1, -0.05) is 26.0 Å². The van der Waals surface area contributed by atoms with Crippen molar-refractivity contribution in [2.24, 2.45) is 0 Å². The van der Waals surface area contributed by atoms with Crippen LogP contribution >= 0.6 is 0 Å². The third-order valence-corrected chi connectivity index (χ3v) is 2.61. The molecule has 0 unspecified atom stereocenters. The van der Waals surface area contributed by atoms with Gasteiger partial charge in [0.05, 0.1) is 13.5 Å². The first-order chi connectivity index (χ1) is 7.72. The van der Waals surface area contributed by atoms with Gasteiger partial charge < -0.3 is 9.64 Å². The minimum atomic E-state index is 0.155. The molecule has 0 saturated carbocycles. The van der Waals surface area contributed by atoms with Crippen LogP contribution in [0, 0.1) is 0 Å². The molecule has 0 aliphatic carbocycles. The van der Waals surface area contributed by atoms with E-state index in [4.69, 9.17) is 4.74 Å². The van der Waals surface area contributed by atoms with Crippen LogP contribution in [-0.2, 0) is 17.8 Å². The maximum Gasteiger partial charge on any atom is 0.227 e. The van der Waals surface area contributed by atoms with E-state index in [0.717, 1.165) is 11.3 Å². The van der Waals surface area contributed by atoms with Crippen LogP contribution in [0.4, 0.5) is 0 Å². The van der Waals surface area contributed by atoms with Crippen molar-refractivity contribution in [3.63, 3.8) is 0 Å². The number of rotatable bonds is 1. The summed E-state index contributed by atoms with van der Waals surface area (Å²) < 4.78 is 5.23. The topological polar surface area (TPSA) is 29.5 Å². The molecule has 0 bridgehead atoms. The maximum absolute atomic E-state index is 11.5. The molecule has 0 radical (unpaired) electrons. The standard InChI is InChI=1S/C11H13NO2.C2H6/c1-12-7-8-4-3-5-10(14-2)9(8)6-11(12)13;1-2/h3-5H,6-7H2,1-2H3;1-2H3. The highest BCUT2D eigenvalue weighted by molar-refractivity contribution is 5.81. The van der Waals surface area contributed by atoms with Gasteiger partial charge in [-0.2, -0.15) is 0 Å². The quantitative estimate of drug-likeness (QED) is 0.728. The summed E-state index contributed by atoms with van der Waals surface area (Å²) in [7, 11) is 3.46. The van der Waals surface area contributed by atoms with Crippen molar-refractivity contribution in [2.45, 2.75) is 26.8 Å². The van der Waals surface area contributed by atoms with Gasteiger partial charge in [-0.3, -0.25) is 4.79 Å². The number of methoxy groups -OCH3 is 1. The Morgan fingerprint density at radius 2 is 2.00 bits per heavy atom. The highest BCUT2D eigenvalue weighted by Crippen LogP contribution is 2.27. The zero-order valence-electron chi connectivity index (χ0n) is 10.4. The number of ether oxygens (including phenoxy) is 1. The highest BCUT2D eigenvalue weighted by Gasteiger charge is 2.22. The molecule has 1 amide bonds. The lowest BCUT2D eigenvalue weighted by Crippen LogP contribution is -2.32. The van der Waals surface area contributed by atoms with Gasteiger partial charge in [-0.15, -0.1) is 0 Å². The van der Waals surface area contributed by atoms with Gasteiger partial charge in [0.1, 0.15) is 5.75 Å². The first kappa shape index (κ1) is 12.6. The van der Waals surface area contributed by atoms with E-state index in [-0.39, 0.29) is 5.91 Å². The molecule has 0 aromatic heterocycles. The summed E-state index contributed by atoms with van der Waals surface area (Å²) in [5.41, 5.74) is 2.23. The molecule has 16 heavy (non-hydrogen) atoms. The number of fused-ring (bicyclic) bond motifs is 1. The fourth-order valence-corrected chi connectivity index (χ4v) is 1.78. The molecule has 0 atom stereocenters. The number of carbonyl (C=O) groups excluding carboxylic acids is 1. The predicted octanol–water partition coefficient (Wildman–Crippen LogP) is 2.24. The minimum Gasteiger partial charge on any atom is -0.496 e. The molecule has 0 saturated heterocycles. The Hall–Kier alpha value is -1.51. The third kappa shape index (κ3) is 2.35. The number of hydrogen-bond donors (Lipinski definition) is 0. The SMILES string of the molecule is CC.COc1cccc2c1CC(=O)N(C)C2. The number of amides is 1. The van der Waals surface area contributed by atoms with Crippen LogP contribution < -0.4 is 4.74 Å². The van der Waals surface area contributed by atoms with E-state index in [1.807, 2.05) is 39.1 Å². The number of benzene rings is 1. The smallest absolute Gasteiger partial charge is 0.227 e. The maximum atomic E-state index is 11.5. The van der Waals surface area contributed by atoms with Gasteiger partial charge in [-0.05, 0) is 11.6 Å². The summed E-state index contributed by atoms with van der Waals surface area (Å²) in [6.07, 6.45) is 0.454. The van der Waals surface area contributed by atoms with Crippen LogP contribution in [0.2, 0.25) is 0 Å². The minimum absolute atomic E-state index is 0.155. The van der Waals surface area contributed by atoms with Crippen LogP contribution in [0.1, 0.15) is 25.0 Å². The van der Waals surface area contributed by atoms with Crippen LogP contribution in [0.5, 0.6) is 5.75 Å². The van der Waals surface area contributed by atoms with Crippen molar-refractivity contribution < 1.29 is 9.53 Å². The van der Waals surface area contributed by atoms with Gasteiger partial charge in [0.25, 0.3) is 0 Å². The molecule has 0 N–H and O–H groups in total. The third-order valence-electron chi connectivity index (χ3n) is 2.61. The van der Waals surface area contributed by atoms with Gasteiger partial charge in [0, 0.05) is 19.2 Å². The molecular weight excluding hydrogens is 202 g/mol. The molecular formula is C13H19NO2. The lowest BCUT2D eigenvalue weighted by Gasteiger charge is -2.26. The fourth-order valence-electron chi connectivity index (χ4n) is 1.78. The van der Waals surface area contributed by atoms with Crippen molar-refractivity contribution in [1.29, 1.82) is 0 Å². The summed E-state index contributed by atoms with van der Waals surface area (Å²) in [6, 6.07) is 5.90. The summed E-state index contributed by atoms with van der Waals surface area (Å²) in [5.74, 6) is 0.978. The van der Waals surface area contributed by atoms with E-state index in [9.17, 15) is 4.79 Å². The summed E-state index contributed by atoms with van der Waals surface area (Å²) >= 11 is 0. The Morgan fingerprint density at radius 1 is 1.31 bits per heavy atom. The van der Waals surface area contributed by atoms with Crippen molar-refractivity contribution in [3.8, 4) is 5.75 Å². The molecule has 1 aromatic rings. The van der Waals surface area contributed by atoms with Crippen molar-refractivity contribution >= 4 is 5.91 Å². The molecule has 1 heterocycles. The highest BCUT2D eigenvalue weighted by atomic mass is 16.5. The van der Waals surface area contributed by atoms with Gasteiger partial charge in [0.2, 0.25) is 5.91 Å². The Morgan fingerprint density at radius 3 is 2.62 bits per heavy atom. The molecule has 3 heteroatoms. The number of likely N-dealkylation sites (N-methyl/N-ethyl adjacent to an activating group) is 1. The Bertz CT molecular complexity index is 374. The second-order valence-corrected chi connectivity index (χ2v) is 3.52. The average Bonchev–Trinajstić information content (AvgIpc) is 2.32. The molecule has 88 valence electrons. The number of carbonyl (C=O) groups is 1. The first-order valence-electron chi connectivity index (χ1n) is 5.61. The normalized spacial score (nSPS) is 13.8. The van der Waals surface area contributed by atoms with E-state index in [1.54, 1.807) is 12.0 Å². The molecule has 2 rings (SSSR count). The lowest BCUT2D eigenvalue weighted by atomic mass is 9.98. The monoisotopic (exact) mass is 221 g/mol. The second kappa shape index (κ2) is 5.54. The first-order valence-corrected chi connectivity index (χ1v) is 5.61. The van der Waals surface area contributed by atoms with Crippen LogP contribution in [0.25, 0.3) is 0 Å². The number of hydrogen-bond acceptors (Lipinski definition) is 2. The van der Waals surface area contributed by atoms with Crippen LogP contribution in [-0.4, -0.2) is 25.0 Å². The number of nitrogens with zero attached hydrogens (tertiary/aromatic N) is 1. The van der Waals surface area contributed by atoms with E-state index < -0.39 is 0 Å². The van der Waals surface area contributed by atoms with Crippen molar-refractivity contribution in [2.75, 3.05) is 14.2 Å². The summed E-state index contributed by atoms with van der Waals surface area (Å²) in [5, 5.41) is 0.